The van der Waals surface area contributed by atoms with Crippen LogP contribution in [0.1, 0.15) is 24.0 Å². The number of likely N-dealkylation sites (N-methyl/N-ethyl adjacent to an activating group) is 1. The summed E-state index contributed by atoms with van der Waals surface area (Å²) in [7, 11) is 1.57. The molecule has 1 N–H and O–H groups in total. The van der Waals surface area contributed by atoms with Gasteiger partial charge in [0.15, 0.2) is 0 Å². The lowest BCUT2D eigenvalue weighted by atomic mass is 10.0. The van der Waals surface area contributed by atoms with Crippen molar-refractivity contribution >= 4 is 35.0 Å². The largest absolute Gasteiger partial charge is 0.494 e. The third-order valence-corrected chi connectivity index (χ3v) is 6.16. The van der Waals surface area contributed by atoms with E-state index in [0.29, 0.717) is 35.1 Å². The molecule has 0 heterocycles. The molecule has 0 radical (unpaired) electrons. The summed E-state index contributed by atoms with van der Waals surface area (Å²) in [4.78, 5) is 28.0. The van der Waals surface area contributed by atoms with Crippen LogP contribution >= 0.6 is 23.2 Å². The Balaban J connectivity index is 1.80. The van der Waals surface area contributed by atoms with Gasteiger partial charge in [-0.25, -0.2) is 0 Å². The highest BCUT2D eigenvalue weighted by Gasteiger charge is 2.30. The van der Waals surface area contributed by atoms with E-state index in [1.165, 1.54) is 0 Å². The van der Waals surface area contributed by atoms with Gasteiger partial charge in [-0.3, -0.25) is 9.59 Å². The van der Waals surface area contributed by atoms with Gasteiger partial charge in [0.1, 0.15) is 11.8 Å². The van der Waals surface area contributed by atoms with E-state index in [9.17, 15) is 9.59 Å². The standard InChI is InChI=1S/C27H28Cl2N2O3/c1-30-27(33)25(18-20-10-4-2-5-11-20)31(19-22-23(28)14-8-15-24(22)29)26(32)16-9-17-34-21-12-6-3-7-13-21/h2-8,10-15,25H,9,16-19H2,1H3,(H,30,33)/t25-/m1/s1. The fourth-order valence-electron chi connectivity index (χ4n) is 3.65. The molecular formula is C27H28Cl2N2O3. The highest BCUT2D eigenvalue weighted by Crippen LogP contribution is 2.27. The van der Waals surface area contributed by atoms with Crippen molar-refractivity contribution in [3.63, 3.8) is 0 Å². The smallest absolute Gasteiger partial charge is 0.242 e. The first kappa shape index (κ1) is 25.6. The predicted molar refractivity (Wildman–Crippen MR) is 136 cm³/mol. The Morgan fingerprint density at radius 3 is 2.15 bits per heavy atom. The van der Waals surface area contributed by atoms with Crippen molar-refractivity contribution in [3.8, 4) is 5.75 Å². The highest BCUT2D eigenvalue weighted by molar-refractivity contribution is 6.36. The van der Waals surface area contributed by atoms with Crippen molar-refractivity contribution in [2.75, 3.05) is 13.7 Å². The summed E-state index contributed by atoms with van der Waals surface area (Å²) >= 11 is 12.8. The van der Waals surface area contributed by atoms with Crippen molar-refractivity contribution in [3.05, 3.63) is 100 Å². The summed E-state index contributed by atoms with van der Waals surface area (Å²) < 4.78 is 5.73. The Labute approximate surface area is 210 Å². The maximum absolute atomic E-state index is 13.4. The van der Waals surface area contributed by atoms with Crippen LogP contribution in [0.15, 0.2) is 78.9 Å². The molecule has 3 rings (SSSR count). The first-order chi connectivity index (χ1) is 16.5. The van der Waals surface area contributed by atoms with Crippen LogP contribution < -0.4 is 10.1 Å². The van der Waals surface area contributed by atoms with Gasteiger partial charge in [0.05, 0.1) is 6.61 Å². The van der Waals surface area contributed by atoms with Crippen LogP contribution in [0.4, 0.5) is 0 Å². The molecule has 3 aromatic carbocycles. The minimum absolute atomic E-state index is 0.127. The molecule has 2 amide bonds. The van der Waals surface area contributed by atoms with Crippen LogP contribution in [0.3, 0.4) is 0 Å². The van der Waals surface area contributed by atoms with Gasteiger partial charge >= 0.3 is 0 Å². The van der Waals surface area contributed by atoms with E-state index in [-0.39, 0.29) is 24.8 Å². The average Bonchev–Trinajstić information content (AvgIpc) is 2.86. The van der Waals surface area contributed by atoms with E-state index >= 15 is 0 Å². The van der Waals surface area contributed by atoms with Crippen molar-refractivity contribution in [1.29, 1.82) is 0 Å². The number of halogens is 2. The SMILES string of the molecule is CNC(=O)[C@@H](Cc1ccccc1)N(Cc1c(Cl)cccc1Cl)C(=O)CCCOc1ccccc1. The van der Waals surface area contributed by atoms with E-state index in [4.69, 9.17) is 27.9 Å². The Morgan fingerprint density at radius 2 is 1.53 bits per heavy atom. The number of hydrogen-bond acceptors (Lipinski definition) is 3. The summed E-state index contributed by atoms with van der Waals surface area (Å²) in [6.45, 7) is 0.515. The first-order valence-corrected chi connectivity index (χ1v) is 11.9. The number of para-hydroxylation sites is 1. The van der Waals surface area contributed by atoms with Crippen molar-refractivity contribution in [2.24, 2.45) is 0 Å². The maximum Gasteiger partial charge on any atom is 0.242 e. The zero-order valence-corrected chi connectivity index (χ0v) is 20.6. The molecule has 1 atom stereocenters. The van der Waals surface area contributed by atoms with Gasteiger partial charge in [-0.05, 0) is 36.2 Å². The van der Waals surface area contributed by atoms with E-state index < -0.39 is 6.04 Å². The second-order valence-electron chi connectivity index (χ2n) is 7.81. The van der Waals surface area contributed by atoms with Crippen LogP contribution in [0, 0.1) is 0 Å². The summed E-state index contributed by atoms with van der Waals surface area (Å²) in [6.07, 6.45) is 1.10. The van der Waals surface area contributed by atoms with Crippen molar-refractivity contribution in [2.45, 2.75) is 31.8 Å². The minimum atomic E-state index is -0.720. The minimum Gasteiger partial charge on any atom is -0.494 e. The van der Waals surface area contributed by atoms with Gasteiger partial charge in [-0.2, -0.15) is 0 Å². The average molecular weight is 499 g/mol. The number of ether oxygens (including phenoxy) is 1. The number of nitrogens with one attached hydrogen (secondary N) is 1. The second-order valence-corrected chi connectivity index (χ2v) is 8.62. The molecule has 5 nitrogen and oxygen atoms in total. The number of carbonyl (C=O) groups excluding carboxylic acids is 2. The van der Waals surface area contributed by atoms with E-state index in [2.05, 4.69) is 5.32 Å². The van der Waals surface area contributed by atoms with Crippen LogP contribution in [0.5, 0.6) is 5.75 Å². The number of nitrogens with zero attached hydrogens (tertiary/aromatic N) is 1. The number of carbonyl (C=O) groups is 2. The molecular weight excluding hydrogens is 471 g/mol. The monoisotopic (exact) mass is 498 g/mol. The Bertz CT molecular complexity index is 1060. The molecule has 3 aromatic rings. The van der Waals surface area contributed by atoms with Crippen LogP contribution in [0.2, 0.25) is 10.0 Å². The molecule has 0 fully saturated rings. The Morgan fingerprint density at radius 1 is 0.912 bits per heavy atom. The van der Waals surface area contributed by atoms with Crippen molar-refractivity contribution < 1.29 is 14.3 Å². The number of amides is 2. The van der Waals surface area contributed by atoms with Gasteiger partial charge < -0.3 is 15.0 Å². The van der Waals surface area contributed by atoms with Gasteiger partial charge in [0, 0.05) is 42.0 Å². The Kier molecular flexibility index (Phi) is 9.80. The van der Waals surface area contributed by atoms with Crippen molar-refractivity contribution in [1.82, 2.24) is 10.2 Å². The molecule has 0 aromatic heterocycles. The number of rotatable bonds is 11. The van der Waals surface area contributed by atoms with Gasteiger partial charge in [0.25, 0.3) is 0 Å². The lowest BCUT2D eigenvalue weighted by Crippen LogP contribution is -2.49. The van der Waals surface area contributed by atoms with Crippen LogP contribution in [-0.2, 0) is 22.6 Å². The second kappa shape index (κ2) is 13.0. The lowest BCUT2D eigenvalue weighted by Gasteiger charge is -2.31. The predicted octanol–water partition coefficient (Wildman–Crippen LogP) is 5.54. The van der Waals surface area contributed by atoms with Gasteiger partial charge in [0.2, 0.25) is 11.8 Å². The Hall–Kier alpha value is -3.02. The van der Waals surface area contributed by atoms with Crippen LogP contribution in [0.25, 0.3) is 0 Å². The molecule has 0 aliphatic heterocycles. The zero-order chi connectivity index (χ0) is 24.3. The fraction of sp³-hybridized carbons (Fsp3) is 0.259. The molecule has 7 heteroatoms. The molecule has 0 spiro atoms. The van der Waals surface area contributed by atoms with E-state index in [1.54, 1.807) is 30.1 Å². The quantitative estimate of drug-likeness (QED) is 0.353. The summed E-state index contributed by atoms with van der Waals surface area (Å²) in [5.41, 5.74) is 1.56. The highest BCUT2D eigenvalue weighted by atomic mass is 35.5. The first-order valence-electron chi connectivity index (χ1n) is 11.2. The summed E-state index contributed by atoms with van der Waals surface area (Å²) in [5.74, 6) is 0.333. The summed E-state index contributed by atoms with van der Waals surface area (Å²) in [5, 5.41) is 3.60. The van der Waals surface area contributed by atoms with E-state index in [1.807, 2.05) is 60.7 Å². The fourth-order valence-corrected chi connectivity index (χ4v) is 4.17. The molecule has 178 valence electrons. The van der Waals surface area contributed by atoms with Gasteiger partial charge in [-0.1, -0.05) is 77.8 Å². The molecule has 0 aliphatic rings. The molecule has 34 heavy (non-hydrogen) atoms. The third kappa shape index (κ3) is 7.24. The maximum atomic E-state index is 13.4. The van der Waals surface area contributed by atoms with Gasteiger partial charge in [-0.15, -0.1) is 0 Å². The zero-order valence-electron chi connectivity index (χ0n) is 19.0. The van der Waals surface area contributed by atoms with E-state index in [0.717, 1.165) is 11.3 Å². The normalized spacial score (nSPS) is 11.5. The molecule has 0 aliphatic carbocycles. The molecule has 0 unspecified atom stereocenters. The molecule has 0 saturated carbocycles. The topological polar surface area (TPSA) is 58.6 Å². The summed E-state index contributed by atoms with van der Waals surface area (Å²) in [6, 6.07) is 23.5. The molecule has 0 saturated heterocycles. The van der Waals surface area contributed by atoms with Crippen LogP contribution in [-0.4, -0.2) is 36.4 Å². The lowest BCUT2D eigenvalue weighted by molar-refractivity contribution is -0.141. The molecule has 0 bridgehead atoms. The number of hydrogen-bond donors (Lipinski definition) is 1. The number of benzene rings is 3. The third-order valence-electron chi connectivity index (χ3n) is 5.45.